The van der Waals surface area contributed by atoms with Crippen LogP contribution in [-0.4, -0.2) is 44.6 Å². The molecule has 170 valence electrons. The maximum absolute atomic E-state index is 12.1. The van der Waals surface area contributed by atoms with Gasteiger partial charge in [0.2, 0.25) is 0 Å². The second-order valence-electron chi connectivity index (χ2n) is 7.28. The first kappa shape index (κ1) is 22.5. The van der Waals surface area contributed by atoms with Gasteiger partial charge in [0.15, 0.2) is 11.0 Å². The van der Waals surface area contributed by atoms with Gasteiger partial charge in [-0.05, 0) is 43.0 Å². The van der Waals surface area contributed by atoms with Crippen LogP contribution in [0.2, 0.25) is 0 Å². The van der Waals surface area contributed by atoms with Gasteiger partial charge in [-0.1, -0.05) is 18.2 Å². The Morgan fingerprint density at radius 3 is 2.45 bits per heavy atom. The highest BCUT2D eigenvalue weighted by Gasteiger charge is 2.20. The zero-order valence-corrected chi connectivity index (χ0v) is 19.6. The first-order chi connectivity index (χ1) is 15.9. The molecule has 0 unspecified atom stereocenters. The summed E-state index contributed by atoms with van der Waals surface area (Å²) in [6, 6.07) is 13.4. The molecule has 1 N–H and O–H groups in total. The molecule has 2 heterocycles. The molecule has 4 aromatic rings. The maximum atomic E-state index is 12.1. The number of fused-ring (bicyclic) bond motifs is 1. The lowest BCUT2D eigenvalue weighted by Crippen LogP contribution is -2.03. The van der Waals surface area contributed by atoms with Gasteiger partial charge in [0.1, 0.15) is 16.4 Å². The number of aromatic nitrogens is 4. The molecule has 0 amide bonds. The van der Waals surface area contributed by atoms with Crippen molar-refractivity contribution in [3.63, 3.8) is 0 Å². The lowest BCUT2D eigenvalue weighted by Gasteiger charge is -2.10. The molecule has 0 radical (unpaired) electrons. The quantitative estimate of drug-likeness (QED) is 0.299. The van der Waals surface area contributed by atoms with Gasteiger partial charge in [0, 0.05) is 47.9 Å². The number of hydrogen-bond acceptors (Lipinski definition) is 6. The third kappa shape index (κ3) is 4.45. The number of carboxylic acid groups (broad SMARTS) is 1. The minimum Gasteiger partial charge on any atom is -0.497 e. The summed E-state index contributed by atoms with van der Waals surface area (Å²) in [7, 11) is 5.11. The molecular weight excluding hydrogens is 440 g/mol. The Morgan fingerprint density at radius 2 is 1.82 bits per heavy atom. The van der Waals surface area contributed by atoms with E-state index in [-0.39, 0.29) is 4.91 Å². The highest BCUT2D eigenvalue weighted by atomic mass is 32.2. The molecule has 4 rings (SSSR count). The molecule has 0 spiro atoms. The molecule has 0 aliphatic carbocycles. The summed E-state index contributed by atoms with van der Waals surface area (Å²) in [4.78, 5) is 12.3. The van der Waals surface area contributed by atoms with Crippen LogP contribution in [0.1, 0.15) is 12.5 Å². The number of carboxylic acids is 1. The molecule has 0 saturated carbocycles. The van der Waals surface area contributed by atoms with Crippen LogP contribution in [0.3, 0.4) is 0 Å². The summed E-state index contributed by atoms with van der Waals surface area (Å²) in [5.74, 6) is 0.841. The Bertz CT molecular complexity index is 1330. The fraction of sp³-hybridized carbons (Fsp3) is 0.208. The standard InChI is InChI=1S/C24H24N4O4S/c1-5-28-22(15-10-17(31-3)13-18(11-15)32-4)25-26-24(28)33-21(23(29)30)12-16-14-27(2)20-9-7-6-8-19(16)20/h6-14H,5H2,1-4H3,(H,29,30)/b21-12-. The summed E-state index contributed by atoms with van der Waals surface area (Å²) >= 11 is 1.08. The molecule has 0 saturated heterocycles. The van der Waals surface area contributed by atoms with Gasteiger partial charge in [0.05, 0.1) is 14.2 Å². The highest BCUT2D eigenvalue weighted by Crippen LogP contribution is 2.34. The molecule has 2 aromatic heterocycles. The molecule has 2 aromatic carbocycles. The number of benzene rings is 2. The summed E-state index contributed by atoms with van der Waals surface area (Å²) < 4.78 is 14.6. The molecule has 8 nitrogen and oxygen atoms in total. The summed E-state index contributed by atoms with van der Waals surface area (Å²) in [6.45, 7) is 2.52. The number of carbonyl (C=O) groups is 1. The van der Waals surface area contributed by atoms with Gasteiger partial charge in [-0.3, -0.25) is 0 Å². The lowest BCUT2D eigenvalue weighted by molar-refractivity contribution is -0.131. The number of para-hydroxylation sites is 1. The van der Waals surface area contributed by atoms with Crippen LogP contribution < -0.4 is 9.47 Å². The van der Waals surface area contributed by atoms with Gasteiger partial charge in [0.25, 0.3) is 0 Å². The van der Waals surface area contributed by atoms with Crippen molar-refractivity contribution >= 4 is 34.7 Å². The van der Waals surface area contributed by atoms with Gasteiger partial charge < -0.3 is 23.7 Å². The van der Waals surface area contributed by atoms with Crippen molar-refractivity contribution in [1.29, 1.82) is 0 Å². The molecule has 9 heteroatoms. The second kappa shape index (κ2) is 9.41. The largest absolute Gasteiger partial charge is 0.497 e. The average Bonchev–Trinajstić information content (AvgIpc) is 3.38. The van der Waals surface area contributed by atoms with E-state index < -0.39 is 5.97 Å². The van der Waals surface area contributed by atoms with Crippen molar-refractivity contribution in [2.75, 3.05) is 14.2 Å². The fourth-order valence-corrected chi connectivity index (χ4v) is 4.54. The Morgan fingerprint density at radius 1 is 1.12 bits per heavy atom. The van der Waals surface area contributed by atoms with Crippen LogP contribution in [0.5, 0.6) is 11.5 Å². The van der Waals surface area contributed by atoms with E-state index in [0.29, 0.717) is 29.0 Å². The van der Waals surface area contributed by atoms with E-state index in [0.717, 1.165) is 33.8 Å². The first-order valence-corrected chi connectivity index (χ1v) is 11.1. The molecule has 33 heavy (non-hydrogen) atoms. The molecule has 0 bridgehead atoms. The van der Waals surface area contributed by atoms with E-state index in [1.54, 1.807) is 26.4 Å². The number of thioether (sulfide) groups is 1. The Hall–Kier alpha value is -3.72. The number of methoxy groups -OCH3 is 2. The normalized spacial score (nSPS) is 11.7. The zero-order valence-electron chi connectivity index (χ0n) is 18.8. The van der Waals surface area contributed by atoms with E-state index in [2.05, 4.69) is 10.2 Å². The minimum atomic E-state index is -1.02. The topological polar surface area (TPSA) is 91.4 Å². The fourth-order valence-electron chi connectivity index (χ4n) is 3.66. The maximum Gasteiger partial charge on any atom is 0.342 e. The van der Waals surface area contributed by atoms with Crippen LogP contribution >= 0.6 is 11.8 Å². The van der Waals surface area contributed by atoms with Crippen molar-refractivity contribution in [3.8, 4) is 22.9 Å². The van der Waals surface area contributed by atoms with Gasteiger partial charge in [-0.25, -0.2) is 4.79 Å². The minimum absolute atomic E-state index is 0.156. The second-order valence-corrected chi connectivity index (χ2v) is 8.29. The predicted octanol–water partition coefficient (Wildman–Crippen LogP) is 4.69. The van der Waals surface area contributed by atoms with Crippen molar-refractivity contribution in [1.82, 2.24) is 19.3 Å². The van der Waals surface area contributed by atoms with Crippen LogP contribution in [0.4, 0.5) is 0 Å². The van der Waals surface area contributed by atoms with Gasteiger partial charge in [-0.2, -0.15) is 0 Å². The number of rotatable bonds is 8. The Balaban J connectivity index is 1.74. The number of nitrogens with zero attached hydrogens (tertiary/aromatic N) is 4. The molecular formula is C24H24N4O4S. The molecule has 0 fully saturated rings. The molecule has 0 aliphatic rings. The van der Waals surface area contributed by atoms with Crippen molar-refractivity contribution in [2.24, 2.45) is 7.05 Å². The van der Waals surface area contributed by atoms with E-state index in [1.807, 2.05) is 65.7 Å². The van der Waals surface area contributed by atoms with E-state index >= 15 is 0 Å². The number of hydrogen-bond donors (Lipinski definition) is 1. The van der Waals surface area contributed by atoms with Crippen molar-refractivity contribution < 1.29 is 19.4 Å². The summed E-state index contributed by atoms with van der Waals surface area (Å²) in [6.07, 6.45) is 3.60. The SMILES string of the molecule is CCn1c(S/C(=C\c2cn(C)c3ccccc23)C(=O)O)nnc1-c1cc(OC)cc(OC)c1. The summed E-state index contributed by atoms with van der Waals surface area (Å²) in [5.41, 5.74) is 2.63. The smallest absolute Gasteiger partial charge is 0.342 e. The third-order valence-electron chi connectivity index (χ3n) is 5.27. The Labute approximate surface area is 195 Å². The predicted molar refractivity (Wildman–Crippen MR) is 129 cm³/mol. The first-order valence-electron chi connectivity index (χ1n) is 10.3. The highest BCUT2D eigenvalue weighted by molar-refractivity contribution is 8.04. The van der Waals surface area contributed by atoms with Gasteiger partial charge in [-0.15, -0.1) is 10.2 Å². The monoisotopic (exact) mass is 464 g/mol. The molecule has 0 aliphatic heterocycles. The van der Waals surface area contributed by atoms with E-state index in [9.17, 15) is 9.90 Å². The van der Waals surface area contributed by atoms with Crippen molar-refractivity contribution in [3.05, 3.63) is 59.1 Å². The van der Waals surface area contributed by atoms with Crippen molar-refractivity contribution in [2.45, 2.75) is 18.6 Å². The number of aryl methyl sites for hydroxylation is 1. The van der Waals surface area contributed by atoms with E-state index in [1.165, 1.54) is 0 Å². The lowest BCUT2D eigenvalue weighted by atomic mass is 10.1. The van der Waals surface area contributed by atoms with E-state index in [4.69, 9.17) is 9.47 Å². The van der Waals surface area contributed by atoms with Crippen LogP contribution in [-0.2, 0) is 18.4 Å². The van der Waals surface area contributed by atoms with Crippen LogP contribution in [0.25, 0.3) is 28.4 Å². The summed E-state index contributed by atoms with van der Waals surface area (Å²) in [5, 5.41) is 20.0. The third-order valence-corrected chi connectivity index (χ3v) is 6.27. The average molecular weight is 465 g/mol. The molecule has 0 atom stereocenters. The Kier molecular flexibility index (Phi) is 6.41. The van der Waals surface area contributed by atoms with Crippen LogP contribution in [0, 0.1) is 0 Å². The zero-order chi connectivity index (χ0) is 23.5. The number of aliphatic carboxylic acids is 1. The van der Waals surface area contributed by atoms with Crippen LogP contribution in [0.15, 0.2) is 58.7 Å². The number of ether oxygens (including phenoxy) is 2. The van der Waals surface area contributed by atoms with Gasteiger partial charge >= 0.3 is 5.97 Å².